The van der Waals surface area contributed by atoms with Crippen LogP contribution in [0.25, 0.3) is 11.1 Å². The van der Waals surface area contributed by atoms with Crippen LogP contribution in [0.15, 0.2) is 54.6 Å². The van der Waals surface area contributed by atoms with Crippen molar-refractivity contribution in [3.05, 3.63) is 60.2 Å². The van der Waals surface area contributed by atoms with Crippen molar-refractivity contribution in [2.24, 2.45) is 0 Å². The van der Waals surface area contributed by atoms with Gasteiger partial charge in [-0.05, 0) is 23.6 Å². The highest BCUT2D eigenvalue weighted by Crippen LogP contribution is 2.20. The smallest absolute Gasteiger partial charge is 0.325 e. The predicted octanol–water partition coefficient (Wildman–Crippen LogP) is 1.70. The van der Waals surface area contributed by atoms with Crippen LogP contribution in [0.5, 0.6) is 0 Å². The molecule has 3 N–H and O–H groups in total. The van der Waals surface area contributed by atoms with Crippen LogP contribution in [0.3, 0.4) is 0 Å². The number of benzene rings is 2. The molecule has 2 aromatic rings. The lowest BCUT2D eigenvalue weighted by atomic mass is 10.00. The summed E-state index contributed by atoms with van der Waals surface area (Å²) in [6.07, 6.45) is 0.163. The maximum absolute atomic E-state index is 12.2. The Morgan fingerprint density at radius 1 is 1.08 bits per heavy atom. The first-order valence-corrected chi connectivity index (χ1v) is 8.02. The molecule has 136 valence electrons. The van der Waals surface area contributed by atoms with Gasteiger partial charge in [-0.15, -0.1) is 0 Å². The van der Waals surface area contributed by atoms with Crippen LogP contribution in [-0.4, -0.2) is 45.7 Å². The van der Waals surface area contributed by atoms with Gasteiger partial charge >= 0.3 is 5.97 Å². The molecule has 0 aliphatic heterocycles. The molecule has 2 aromatic carbocycles. The second kappa shape index (κ2) is 8.77. The van der Waals surface area contributed by atoms with Gasteiger partial charge in [0, 0.05) is 6.42 Å². The maximum Gasteiger partial charge on any atom is 0.325 e. The van der Waals surface area contributed by atoms with Gasteiger partial charge < -0.3 is 10.4 Å². The Labute approximate surface area is 150 Å². The van der Waals surface area contributed by atoms with E-state index in [1.54, 1.807) is 12.1 Å². The van der Waals surface area contributed by atoms with E-state index in [2.05, 4.69) is 5.32 Å². The maximum atomic E-state index is 12.2. The van der Waals surface area contributed by atoms with Gasteiger partial charge in [0.2, 0.25) is 12.3 Å². The molecule has 0 radical (unpaired) electrons. The number of hydrogen-bond donors (Lipinski definition) is 3. The third kappa shape index (κ3) is 4.90. The molecule has 0 saturated carbocycles. The van der Waals surface area contributed by atoms with Crippen molar-refractivity contribution in [1.29, 1.82) is 0 Å². The van der Waals surface area contributed by atoms with E-state index in [0.717, 1.165) is 11.1 Å². The Morgan fingerprint density at radius 3 is 2.19 bits per heavy atom. The number of nitrogens with one attached hydrogen (secondary N) is 1. The Bertz CT molecular complexity index is 761. The number of amides is 2. The number of carboxylic acids is 1. The van der Waals surface area contributed by atoms with Crippen molar-refractivity contribution < 1.29 is 24.7 Å². The number of carboxylic acid groups (broad SMARTS) is 1. The molecule has 0 spiro atoms. The minimum atomic E-state index is -1.23. The summed E-state index contributed by atoms with van der Waals surface area (Å²) >= 11 is 0. The third-order valence-electron chi connectivity index (χ3n) is 3.95. The molecule has 1 unspecified atom stereocenters. The molecule has 7 nitrogen and oxygen atoms in total. The van der Waals surface area contributed by atoms with Crippen molar-refractivity contribution in [3.8, 4) is 11.1 Å². The zero-order chi connectivity index (χ0) is 19.1. The summed E-state index contributed by atoms with van der Waals surface area (Å²) in [4.78, 5) is 34.0. The van der Waals surface area contributed by atoms with E-state index in [-0.39, 0.29) is 17.9 Å². The summed E-state index contributed by atoms with van der Waals surface area (Å²) in [5.74, 6) is -1.96. The van der Waals surface area contributed by atoms with Crippen LogP contribution in [0.1, 0.15) is 12.5 Å². The molecular formula is C19H20N2O5. The van der Waals surface area contributed by atoms with E-state index >= 15 is 0 Å². The zero-order valence-corrected chi connectivity index (χ0v) is 14.2. The van der Waals surface area contributed by atoms with Crippen LogP contribution in [0, 0.1) is 0 Å². The second-order valence-corrected chi connectivity index (χ2v) is 5.84. The first kappa shape index (κ1) is 19.1. The summed E-state index contributed by atoms with van der Waals surface area (Å²) in [5.41, 5.74) is 2.75. The summed E-state index contributed by atoms with van der Waals surface area (Å²) in [5, 5.41) is 21.1. The highest BCUT2D eigenvalue weighted by Gasteiger charge is 2.27. The van der Waals surface area contributed by atoms with Gasteiger partial charge in [-0.2, -0.15) is 0 Å². The van der Waals surface area contributed by atoms with Crippen molar-refractivity contribution >= 4 is 18.3 Å². The fourth-order valence-electron chi connectivity index (χ4n) is 2.44. The second-order valence-electron chi connectivity index (χ2n) is 5.84. The van der Waals surface area contributed by atoms with Gasteiger partial charge in [0.15, 0.2) is 0 Å². The molecule has 0 aromatic heterocycles. The summed E-state index contributed by atoms with van der Waals surface area (Å²) in [6, 6.07) is 14.7. The molecule has 0 bridgehead atoms. The quantitative estimate of drug-likeness (QED) is 0.379. The van der Waals surface area contributed by atoms with E-state index in [1.807, 2.05) is 42.5 Å². The monoisotopic (exact) mass is 356 g/mol. The number of carbonyl (C=O) groups is 3. The zero-order valence-electron chi connectivity index (χ0n) is 14.2. The molecule has 2 atom stereocenters. The van der Waals surface area contributed by atoms with Crippen LogP contribution in [0.2, 0.25) is 0 Å². The average molecular weight is 356 g/mol. The minimum Gasteiger partial charge on any atom is -0.480 e. The topological polar surface area (TPSA) is 107 Å². The number of aliphatic carboxylic acids is 1. The molecule has 2 rings (SSSR count). The number of hydroxylamine groups is 2. The van der Waals surface area contributed by atoms with E-state index in [9.17, 15) is 19.6 Å². The fraction of sp³-hybridized carbons (Fsp3) is 0.211. The van der Waals surface area contributed by atoms with Gasteiger partial charge in [-0.1, -0.05) is 54.6 Å². The minimum absolute atomic E-state index is 0.0441. The van der Waals surface area contributed by atoms with E-state index < -0.39 is 24.0 Å². The molecule has 26 heavy (non-hydrogen) atoms. The van der Waals surface area contributed by atoms with Gasteiger partial charge in [-0.25, -0.2) is 5.06 Å². The lowest BCUT2D eigenvalue weighted by molar-refractivity contribution is -0.167. The molecule has 0 saturated heterocycles. The lowest BCUT2D eigenvalue weighted by Crippen LogP contribution is -2.50. The highest BCUT2D eigenvalue weighted by molar-refractivity contribution is 5.87. The van der Waals surface area contributed by atoms with Crippen LogP contribution >= 0.6 is 0 Å². The number of hydrogen-bond acceptors (Lipinski definition) is 4. The van der Waals surface area contributed by atoms with Crippen LogP contribution in [-0.2, 0) is 20.8 Å². The molecule has 0 aliphatic carbocycles. The standard InChI is InChI=1S/C19H20N2O5/c1-13(19(24)25)20-18(23)17(21(26)12-22)11-14-7-9-16(10-8-14)15-5-3-2-4-6-15/h2-10,12-13,17,26H,11H2,1H3,(H,20,23)(H,24,25)/t13?,17-/m0/s1. The van der Waals surface area contributed by atoms with Gasteiger partial charge in [0.1, 0.15) is 12.1 Å². The molecule has 0 heterocycles. The summed E-state index contributed by atoms with van der Waals surface area (Å²) in [7, 11) is 0. The number of carbonyl (C=O) groups excluding carboxylic acids is 2. The Hall–Kier alpha value is -3.19. The Balaban J connectivity index is 2.14. The number of rotatable bonds is 8. The van der Waals surface area contributed by atoms with Gasteiger partial charge in [0.25, 0.3) is 0 Å². The Morgan fingerprint density at radius 2 is 1.65 bits per heavy atom. The third-order valence-corrected chi connectivity index (χ3v) is 3.95. The fourth-order valence-corrected chi connectivity index (χ4v) is 2.44. The van der Waals surface area contributed by atoms with Gasteiger partial charge in [-0.3, -0.25) is 19.6 Å². The highest BCUT2D eigenvalue weighted by atomic mass is 16.5. The lowest BCUT2D eigenvalue weighted by Gasteiger charge is -2.23. The van der Waals surface area contributed by atoms with Gasteiger partial charge in [0.05, 0.1) is 0 Å². The molecule has 2 amide bonds. The molecule has 0 aliphatic rings. The largest absolute Gasteiger partial charge is 0.480 e. The van der Waals surface area contributed by atoms with Crippen molar-refractivity contribution in [2.75, 3.05) is 0 Å². The SMILES string of the molecule is CC(NC(=O)[C@H](Cc1ccc(-c2ccccc2)cc1)N(O)C=O)C(=O)O. The van der Waals surface area contributed by atoms with Crippen molar-refractivity contribution in [2.45, 2.75) is 25.4 Å². The Kier molecular flexibility index (Phi) is 6.46. The van der Waals surface area contributed by atoms with E-state index in [0.29, 0.717) is 5.56 Å². The molecular weight excluding hydrogens is 336 g/mol. The summed E-state index contributed by atoms with van der Waals surface area (Å²) in [6.45, 7) is 1.30. The first-order chi connectivity index (χ1) is 12.4. The van der Waals surface area contributed by atoms with Crippen molar-refractivity contribution in [1.82, 2.24) is 10.4 Å². The summed E-state index contributed by atoms with van der Waals surface area (Å²) < 4.78 is 0. The average Bonchev–Trinajstić information content (AvgIpc) is 2.66. The van der Waals surface area contributed by atoms with Crippen molar-refractivity contribution in [3.63, 3.8) is 0 Å². The van der Waals surface area contributed by atoms with Crippen LogP contribution < -0.4 is 5.32 Å². The van der Waals surface area contributed by atoms with Crippen LogP contribution in [0.4, 0.5) is 0 Å². The molecule has 0 fully saturated rings. The van der Waals surface area contributed by atoms with E-state index in [1.165, 1.54) is 6.92 Å². The molecule has 7 heteroatoms. The van der Waals surface area contributed by atoms with E-state index in [4.69, 9.17) is 5.11 Å². The predicted molar refractivity (Wildman–Crippen MR) is 94.3 cm³/mol. The number of nitrogens with zero attached hydrogens (tertiary/aromatic N) is 1. The normalized spacial score (nSPS) is 12.7. The first-order valence-electron chi connectivity index (χ1n) is 8.02.